The molecule has 1 aromatic carbocycles. The van der Waals surface area contributed by atoms with Gasteiger partial charge in [0, 0.05) is 18.5 Å². The molecule has 0 spiro atoms. The number of Topliss-reactive ketones (excluding diaryl/α,β-unsaturated/α-hetero) is 1. The molecule has 3 rings (SSSR count). The summed E-state index contributed by atoms with van der Waals surface area (Å²) in [7, 11) is 2.87. The van der Waals surface area contributed by atoms with Gasteiger partial charge in [0.15, 0.2) is 0 Å². The molecular weight excluding hydrogens is 373 g/mol. The van der Waals surface area contributed by atoms with Crippen LogP contribution in [-0.4, -0.2) is 49.1 Å². The number of rotatable bonds is 6. The lowest BCUT2D eigenvalue weighted by molar-refractivity contribution is -0.140. The Morgan fingerprint density at radius 3 is 2.70 bits per heavy atom. The van der Waals surface area contributed by atoms with Crippen LogP contribution >= 0.6 is 11.3 Å². The van der Waals surface area contributed by atoms with E-state index < -0.39 is 29.3 Å². The topological polar surface area (TPSA) is 76.1 Å². The van der Waals surface area contributed by atoms with E-state index in [0.717, 1.165) is 6.07 Å². The highest BCUT2D eigenvalue weighted by molar-refractivity contribution is 7.10. The molecule has 1 atom stereocenters. The maximum atomic E-state index is 13.8. The molecule has 142 valence electrons. The number of carbonyl (C=O) groups excluding carboxylic acids is 2. The summed E-state index contributed by atoms with van der Waals surface area (Å²) < 4.78 is 24.0. The monoisotopic (exact) mass is 391 g/mol. The van der Waals surface area contributed by atoms with Crippen molar-refractivity contribution in [2.45, 2.75) is 6.04 Å². The van der Waals surface area contributed by atoms with Crippen molar-refractivity contribution in [2.24, 2.45) is 0 Å². The number of nitrogens with zero attached hydrogens (tertiary/aromatic N) is 1. The molecule has 1 aromatic heterocycles. The van der Waals surface area contributed by atoms with E-state index in [1.165, 1.54) is 42.6 Å². The van der Waals surface area contributed by atoms with E-state index in [2.05, 4.69) is 0 Å². The van der Waals surface area contributed by atoms with Crippen molar-refractivity contribution in [3.63, 3.8) is 0 Å². The molecule has 1 aliphatic rings. The molecule has 1 aliphatic heterocycles. The summed E-state index contributed by atoms with van der Waals surface area (Å²) in [6.07, 6.45) is 0. The van der Waals surface area contributed by atoms with E-state index in [0.29, 0.717) is 4.88 Å². The highest BCUT2D eigenvalue weighted by atomic mass is 32.1. The van der Waals surface area contributed by atoms with Gasteiger partial charge in [0.05, 0.1) is 30.9 Å². The number of likely N-dealkylation sites (tertiary alicyclic amines) is 1. The fourth-order valence-electron chi connectivity index (χ4n) is 3.05. The number of benzene rings is 1. The molecule has 0 aliphatic carbocycles. The highest BCUT2D eigenvalue weighted by Crippen LogP contribution is 2.42. The van der Waals surface area contributed by atoms with Gasteiger partial charge in [-0.25, -0.2) is 4.39 Å². The fraction of sp³-hybridized carbons (Fsp3) is 0.263. The molecule has 2 heterocycles. The Labute approximate surface area is 159 Å². The Bertz CT molecular complexity index is 894. The number of thiophene rings is 1. The van der Waals surface area contributed by atoms with E-state index in [1.54, 1.807) is 12.1 Å². The van der Waals surface area contributed by atoms with E-state index >= 15 is 0 Å². The Morgan fingerprint density at radius 1 is 1.30 bits per heavy atom. The van der Waals surface area contributed by atoms with Crippen LogP contribution in [0.3, 0.4) is 0 Å². The maximum absolute atomic E-state index is 13.8. The molecule has 0 radical (unpaired) electrons. The lowest BCUT2D eigenvalue weighted by atomic mass is 9.99. The van der Waals surface area contributed by atoms with Gasteiger partial charge in [-0.3, -0.25) is 9.59 Å². The molecule has 8 heteroatoms. The summed E-state index contributed by atoms with van der Waals surface area (Å²) in [5, 5.41) is 12.7. The summed E-state index contributed by atoms with van der Waals surface area (Å²) in [4.78, 5) is 27.3. The van der Waals surface area contributed by atoms with Crippen molar-refractivity contribution in [3.05, 3.63) is 57.5 Å². The number of carbonyl (C=O) groups is 2. The quantitative estimate of drug-likeness (QED) is 0.465. The molecule has 1 saturated heterocycles. The van der Waals surface area contributed by atoms with Crippen LogP contribution in [0, 0.1) is 5.82 Å². The third-order valence-electron chi connectivity index (χ3n) is 4.31. The number of amides is 1. The maximum Gasteiger partial charge on any atom is 0.295 e. The second-order valence-corrected chi connectivity index (χ2v) is 6.82. The summed E-state index contributed by atoms with van der Waals surface area (Å²) >= 11 is 1.35. The normalized spacial score (nSPS) is 18.9. The first kappa shape index (κ1) is 19.1. The van der Waals surface area contributed by atoms with Gasteiger partial charge in [0.25, 0.3) is 11.7 Å². The van der Waals surface area contributed by atoms with Crippen LogP contribution in [0.1, 0.15) is 16.5 Å². The zero-order valence-corrected chi connectivity index (χ0v) is 15.6. The Balaban J connectivity index is 2.19. The minimum absolute atomic E-state index is 0.0174. The van der Waals surface area contributed by atoms with Crippen LogP contribution < -0.4 is 4.74 Å². The second-order valence-electron chi connectivity index (χ2n) is 5.85. The minimum atomic E-state index is -0.826. The number of aliphatic hydroxyl groups excluding tert-OH is 1. The van der Waals surface area contributed by atoms with Crippen LogP contribution in [0.5, 0.6) is 5.75 Å². The largest absolute Gasteiger partial charge is 0.507 e. The molecule has 0 bridgehead atoms. The van der Waals surface area contributed by atoms with E-state index in [4.69, 9.17) is 9.47 Å². The van der Waals surface area contributed by atoms with Gasteiger partial charge in [-0.2, -0.15) is 0 Å². The summed E-state index contributed by atoms with van der Waals surface area (Å²) in [6.45, 7) is 0.416. The van der Waals surface area contributed by atoms with Crippen molar-refractivity contribution in [1.29, 1.82) is 0 Å². The SMILES string of the molecule is COCCN1C(=O)C(=O)/C(=C(\O)c2cc(F)ccc2OC)C1c1cccs1. The van der Waals surface area contributed by atoms with E-state index in [9.17, 15) is 19.1 Å². The molecule has 27 heavy (non-hydrogen) atoms. The molecule has 1 amide bonds. The number of ketones is 1. The van der Waals surface area contributed by atoms with Gasteiger partial charge in [-0.15, -0.1) is 11.3 Å². The Kier molecular flexibility index (Phi) is 5.57. The van der Waals surface area contributed by atoms with Crippen molar-refractivity contribution in [3.8, 4) is 5.75 Å². The van der Waals surface area contributed by atoms with Crippen LogP contribution in [0.25, 0.3) is 5.76 Å². The predicted octanol–water partition coefficient (Wildman–Crippen LogP) is 2.96. The zero-order chi connectivity index (χ0) is 19.6. The lowest BCUT2D eigenvalue weighted by Crippen LogP contribution is -2.32. The highest BCUT2D eigenvalue weighted by Gasteiger charge is 2.46. The van der Waals surface area contributed by atoms with E-state index in [1.807, 2.05) is 5.38 Å². The average Bonchev–Trinajstić information content (AvgIpc) is 3.27. The molecule has 1 fully saturated rings. The third-order valence-corrected chi connectivity index (χ3v) is 5.23. The van der Waals surface area contributed by atoms with Gasteiger partial charge in [0.1, 0.15) is 17.3 Å². The molecule has 2 aromatic rings. The minimum Gasteiger partial charge on any atom is -0.507 e. The molecule has 1 N–H and O–H groups in total. The van der Waals surface area contributed by atoms with Crippen molar-refractivity contribution in [1.82, 2.24) is 4.90 Å². The van der Waals surface area contributed by atoms with Crippen LogP contribution in [0.4, 0.5) is 4.39 Å². The van der Waals surface area contributed by atoms with Crippen LogP contribution in [-0.2, 0) is 14.3 Å². The van der Waals surface area contributed by atoms with Crippen molar-refractivity contribution < 1.29 is 28.6 Å². The first-order chi connectivity index (χ1) is 13.0. The first-order valence-electron chi connectivity index (χ1n) is 8.14. The number of hydrogen-bond donors (Lipinski definition) is 1. The second kappa shape index (κ2) is 7.89. The van der Waals surface area contributed by atoms with Crippen LogP contribution in [0.2, 0.25) is 0 Å². The number of methoxy groups -OCH3 is 2. The number of aliphatic hydroxyl groups is 1. The summed E-state index contributed by atoms with van der Waals surface area (Å²) in [5.41, 5.74) is -0.0775. The number of hydrogen-bond acceptors (Lipinski definition) is 6. The Morgan fingerprint density at radius 2 is 2.07 bits per heavy atom. The van der Waals surface area contributed by atoms with Crippen molar-refractivity contribution >= 4 is 28.8 Å². The molecule has 1 unspecified atom stereocenters. The van der Waals surface area contributed by atoms with Gasteiger partial charge < -0.3 is 19.5 Å². The number of ether oxygens (including phenoxy) is 2. The fourth-order valence-corrected chi connectivity index (χ4v) is 3.90. The average molecular weight is 391 g/mol. The zero-order valence-electron chi connectivity index (χ0n) is 14.8. The van der Waals surface area contributed by atoms with Gasteiger partial charge in [-0.05, 0) is 29.6 Å². The molecular formula is C19H18FNO5S. The Hall–Kier alpha value is -2.71. The third kappa shape index (κ3) is 3.45. The van der Waals surface area contributed by atoms with Crippen LogP contribution in [0.15, 0.2) is 41.3 Å². The molecule has 6 nitrogen and oxygen atoms in total. The van der Waals surface area contributed by atoms with Gasteiger partial charge in [-0.1, -0.05) is 6.07 Å². The first-order valence-corrected chi connectivity index (χ1v) is 9.02. The summed E-state index contributed by atoms with van der Waals surface area (Å²) in [6, 6.07) is 6.40. The van der Waals surface area contributed by atoms with Crippen molar-refractivity contribution in [2.75, 3.05) is 27.4 Å². The van der Waals surface area contributed by atoms with Gasteiger partial charge in [0.2, 0.25) is 0 Å². The smallest absolute Gasteiger partial charge is 0.295 e. The standard InChI is InChI=1S/C19H18FNO5S/c1-25-8-7-21-16(14-4-3-9-27-14)15(18(23)19(21)24)17(22)12-10-11(20)5-6-13(12)26-2/h3-6,9-10,16,22H,7-8H2,1-2H3/b17-15-. The van der Waals surface area contributed by atoms with Gasteiger partial charge >= 0.3 is 0 Å². The predicted molar refractivity (Wildman–Crippen MR) is 98.2 cm³/mol. The lowest BCUT2D eigenvalue weighted by Gasteiger charge is -2.23. The summed E-state index contributed by atoms with van der Waals surface area (Å²) in [5.74, 6) is -2.43. The number of halogens is 1. The molecule has 0 saturated carbocycles. The van der Waals surface area contributed by atoms with E-state index in [-0.39, 0.29) is 30.0 Å².